The molecule has 0 bridgehead atoms. The fraction of sp³-hybridized carbons (Fsp3) is 0.462. The van der Waals surface area contributed by atoms with Crippen LogP contribution in [0.1, 0.15) is 25.8 Å². The monoisotopic (exact) mass is 299 g/mol. The summed E-state index contributed by atoms with van der Waals surface area (Å²) in [6.45, 7) is 5.65. The summed E-state index contributed by atoms with van der Waals surface area (Å²) in [5.74, 6) is 0.00903. The Morgan fingerprint density at radius 3 is 2.35 bits per heavy atom. The zero-order valence-corrected chi connectivity index (χ0v) is 12.8. The van der Waals surface area contributed by atoms with E-state index in [-0.39, 0.29) is 29.7 Å². The van der Waals surface area contributed by atoms with Gasteiger partial charge in [-0.2, -0.15) is 4.31 Å². The molecule has 0 radical (unpaired) electrons. The first-order valence-corrected chi connectivity index (χ1v) is 7.78. The summed E-state index contributed by atoms with van der Waals surface area (Å²) in [4.78, 5) is 0.247. The van der Waals surface area contributed by atoms with Crippen molar-refractivity contribution in [1.29, 1.82) is 0 Å². The largest absolute Gasteiger partial charge is 0.409 e. The predicted molar refractivity (Wildman–Crippen MR) is 78.2 cm³/mol. The number of nitrogens with two attached hydrogens (primary N) is 1. The number of aryl methyl sites for hydroxylation is 1. The molecule has 1 rings (SSSR count). The number of amidine groups is 1. The summed E-state index contributed by atoms with van der Waals surface area (Å²) in [6, 6.07) is 6.48. The predicted octanol–water partition coefficient (Wildman–Crippen LogP) is 1.53. The van der Waals surface area contributed by atoms with E-state index in [0.717, 1.165) is 5.56 Å². The molecule has 0 unspecified atom stereocenters. The van der Waals surface area contributed by atoms with Gasteiger partial charge in [0.2, 0.25) is 10.0 Å². The second-order valence-electron chi connectivity index (χ2n) is 4.86. The first-order valence-electron chi connectivity index (χ1n) is 6.34. The maximum Gasteiger partial charge on any atom is 0.243 e. The molecule has 0 aliphatic rings. The highest BCUT2D eigenvalue weighted by molar-refractivity contribution is 7.89. The number of benzene rings is 1. The topological polar surface area (TPSA) is 96.0 Å². The third-order valence-electron chi connectivity index (χ3n) is 2.92. The highest BCUT2D eigenvalue weighted by atomic mass is 32.2. The molecule has 0 aliphatic heterocycles. The normalized spacial score (nSPS) is 13.2. The number of rotatable bonds is 6. The summed E-state index contributed by atoms with van der Waals surface area (Å²) in [5, 5.41) is 11.4. The van der Waals surface area contributed by atoms with Gasteiger partial charge in [-0.3, -0.25) is 0 Å². The SMILES string of the molecule is Cc1ccc(S(=O)(=O)N(CCC(N)=NO)C(C)C)cc1. The first-order chi connectivity index (χ1) is 9.28. The molecule has 6 nitrogen and oxygen atoms in total. The summed E-state index contributed by atoms with van der Waals surface area (Å²) in [5.41, 5.74) is 6.40. The molecule has 0 amide bonds. The Bertz CT molecular complexity index is 565. The molecule has 3 N–H and O–H groups in total. The fourth-order valence-corrected chi connectivity index (χ4v) is 3.41. The van der Waals surface area contributed by atoms with Crippen molar-refractivity contribution in [3.63, 3.8) is 0 Å². The molecule has 112 valence electrons. The van der Waals surface area contributed by atoms with Crippen LogP contribution in [0.5, 0.6) is 0 Å². The Kier molecular flexibility index (Phi) is 5.52. The number of nitrogens with zero attached hydrogens (tertiary/aromatic N) is 2. The van der Waals surface area contributed by atoms with Crippen LogP contribution in [0, 0.1) is 6.92 Å². The molecule has 0 aliphatic carbocycles. The number of oxime groups is 1. The van der Waals surface area contributed by atoms with Crippen molar-refractivity contribution in [2.24, 2.45) is 10.9 Å². The molecule has 0 spiro atoms. The quantitative estimate of drug-likeness (QED) is 0.360. The van der Waals surface area contributed by atoms with Crippen molar-refractivity contribution in [3.8, 4) is 0 Å². The maximum absolute atomic E-state index is 12.6. The van der Waals surface area contributed by atoms with Crippen LogP contribution < -0.4 is 5.73 Å². The minimum absolute atomic E-state index is 0.00903. The lowest BCUT2D eigenvalue weighted by molar-refractivity contribution is 0.313. The first kappa shape index (κ1) is 16.5. The van der Waals surface area contributed by atoms with Crippen LogP contribution in [0.25, 0.3) is 0 Å². The standard InChI is InChI=1S/C13H21N3O3S/c1-10(2)16(9-8-13(14)15-17)20(18,19)12-6-4-11(3)5-7-12/h4-7,10,17H,8-9H2,1-3H3,(H2,14,15). The Labute approximate surface area is 119 Å². The third-order valence-corrected chi connectivity index (χ3v) is 5.01. The zero-order valence-electron chi connectivity index (χ0n) is 11.9. The lowest BCUT2D eigenvalue weighted by atomic mass is 10.2. The zero-order chi connectivity index (χ0) is 15.3. The Balaban J connectivity index is 3.03. The van der Waals surface area contributed by atoms with Crippen LogP contribution in [0.2, 0.25) is 0 Å². The van der Waals surface area contributed by atoms with E-state index in [1.165, 1.54) is 4.31 Å². The van der Waals surface area contributed by atoms with Crippen LogP contribution in [-0.2, 0) is 10.0 Å². The van der Waals surface area contributed by atoms with Gasteiger partial charge in [0, 0.05) is 19.0 Å². The molecule has 1 aromatic rings. The van der Waals surface area contributed by atoms with Crippen LogP contribution in [0.15, 0.2) is 34.3 Å². The Morgan fingerprint density at radius 2 is 1.90 bits per heavy atom. The number of sulfonamides is 1. The average Bonchev–Trinajstić information content (AvgIpc) is 2.38. The van der Waals surface area contributed by atoms with Crippen LogP contribution >= 0.6 is 0 Å². The van der Waals surface area contributed by atoms with Gasteiger partial charge in [-0.15, -0.1) is 0 Å². The highest BCUT2D eigenvalue weighted by Gasteiger charge is 2.26. The molecule has 0 heterocycles. The molecular formula is C13H21N3O3S. The fourth-order valence-electron chi connectivity index (χ4n) is 1.78. The van der Waals surface area contributed by atoms with Gasteiger partial charge >= 0.3 is 0 Å². The Hall–Kier alpha value is -1.60. The van der Waals surface area contributed by atoms with E-state index < -0.39 is 10.0 Å². The minimum Gasteiger partial charge on any atom is -0.409 e. The van der Waals surface area contributed by atoms with Gasteiger partial charge in [-0.05, 0) is 32.9 Å². The molecule has 20 heavy (non-hydrogen) atoms. The molecule has 0 saturated carbocycles. The van der Waals surface area contributed by atoms with E-state index in [1.54, 1.807) is 38.1 Å². The van der Waals surface area contributed by atoms with Gasteiger partial charge < -0.3 is 10.9 Å². The maximum atomic E-state index is 12.6. The van der Waals surface area contributed by atoms with E-state index in [4.69, 9.17) is 10.9 Å². The Morgan fingerprint density at radius 1 is 1.35 bits per heavy atom. The van der Waals surface area contributed by atoms with Crippen LogP contribution in [0.4, 0.5) is 0 Å². The summed E-state index contributed by atoms with van der Waals surface area (Å²) in [7, 11) is -3.58. The minimum atomic E-state index is -3.58. The van der Waals surface area contributed by atoms with Crippen molar-refractivity contribution < 1.29 is 13.6 Å². The van der Waals surface area contributed by atoms with Crippen molar-refractivity contribution in [1.82, 2.24) is 4.31 Å². The molecule has 7 heteroatoms. The lowest BCUT2D eigenvalue weighted by Crippen LogP contribution is -2.39. The van der Waals surface area contributed by atoms with Crippen molar-refractivity contribution in [3.05, 3.63) is 29.8 Å². The van der Waals surface area contributed by atoms with E-state index >= 15 is 0 Å². The second-order valence-corrected chi connectivity index (χ2v) is 6.75. The number of hydrogen-bond acceptors (Lipinski definition) is 4. The van der Waals surface area contributed by atoms with Crippen molar-refractivity contribution >= 4 is 15.9 Å². The van der Waals surface area contributed by atoms with Crippen molar-refractivity contribution in [2.75, 3.05) is 6.54 Å². The third kappa shape index (κ3) is 3.94. The van der Waals surface area contributed by atoms with E-state index in [2.05, 4.69) is 5.16 Å². The summed E-state index contributed by atoms with van der Waals surface area (Å²) >= 11 is 0. The molecular weight excluding hydrogens is 278 g/mol. The van der Waals surface area contributed by atoms with Crippen LogP contribution in [0.3, 0.4) is 0 Å². The molecule has 0 aromatic heterocycles. The molecule has 0 atom stereocenters. The second kappa shape index (κ2) is 6.71. The molecule has 0 fully saturated rings. The average molecular weight is 299 g/mol. The van der Waals surface area contributed by atoms with Gasteiger partial charge in [0.05, 0.1) is 4.90 Å². The van der Waals surface area contributed by atoms with E-state index in [0.29, 0.717) is 0 Å². The number of hydrogen-bond donors (Lipinski definition) is 2. The van der Waals surface area contributed by atoms with Gasteiger partial charge in [0.1, 0.15) is 5.84 Å². The van der Waals surface area contributed by atoms with Gasteiger partial charge in [0.15, 0.2) is 0 Å². The van der Waals surface area contributed by atoms with Crippen molar-refractivity contribution in [2.45, 2.75) is 38.1 Å². The van der Waals surface area contributed by atoms with Gasteiger partial charge in [-0.25, -0.2) is 8.42 Å². The van der Waals surface area contributed by atoms with E-state index in [9.17, 15) is 8.42 Å². The highest BCUT2D eigenvalue weighted by Crippen LogP contribution is 2.19. The van der Waals surface area contributed by atoms with Gasteiger partial charge in [-0.1, -0.05) is 22.9 Å². The molecule has 0 saturated heterocycles. The van der Waals surface area contributed by atoms with E-state index in [1.807, 2.05) is 6.92 Å². The summed E-state index contributed by atoms with van der Waals surface area (Å²) < 4.78 is 26.5. The van der Waals surface area contributed by atoms with Crippen LogP contribution in [-0.4, -0.2) is 36.4 Å². The smallest absolute Gasteiger partial charge is 0.243 e. The van der Waals surface area contributed by atoms with Gasteiger partial charge in [0.25, 0.3) is 0 Å². The summed E-state index contributed by atoms with van der Waals surface area (Å²) in [6.07, 6.45) is 0.180. The molecule has 1 aromatic carbocycles. The lowest BCUT2D eigenvalue weighted by Gasteiger charge is -2.25.